The molecule has 0 saturated heterocycles. The van der Waals surface area contributed by atoms with Gasteiger partial charge in [-0.3, -0.25) is 14.8 Å². The van der Waals surface area contributed by atoms with Crippen LogP contribution in [0.5, 0.6) is 0 Å². The third-order valence-corrected chi connectivity index (χ3v) is 2.78. The molecule has 0 aliphatic heterocycles. The first-order valence-corrected chi connectivity index (χ1v) is 5.89. The maximum atomic E-state index is 12.0. The zero-order valence-electron chi connectivity index (χ0n) is 10.1. The van der Waals surface area contributed by atoms with Crippen LogP contribution in [0, 0.1) is 0 Å². The van der Waals surface area contributed by atoms with E-state index in [0.717, 1.165) is 16.6 Å². The maximum Gasteiger partial charge on any atom is 0.257 e. The molecule has 0 atom stereocenters. The molecule has 1 N–H and O–H groups in total. The minimum atomic E-state index is -0.170. The van der Waals surface area contributed by atoms with E-state index in [0.29, 0.717) is 5.56 Å². The fraction of sp³-hybridized carbons (Fsp3) is 0. The van der Waals surface area contributed by atoms with Crippen LogP contribution < -0.4 is 5.32 Å². The van der Waals surface area contributed by atoms with Gasteiger partial charge < -0.3 is 5.32 Å². The molecule has 3 rings (SSSR count). The van der Waals surface area contributed by atoms with Crippen molar-refractivity contribution in [1.29, 1.82) is 0 Å². The van der Waals surface area contributed by atoms with Crippen molar-refractivity contribution in [1.82, 2.24) is 9.97 Å². The van der Waals surface area contributed by atoms with Gasteiger partial charge in [0.05, 0.1) is 11.1 Å². The maximum absolute atomic E-state index is 12.0. The third-order valence-electron chi connectivity index (χ3n) is 2.78. The summed E-state index contributed by atoms with van der Waals surface area (Å²) in [5, 5.41) is 3.84. The summed E-state index contributed by atoms with van der Waals surface area (Å²) < 4.78 is 0. The first kappa shape index (κ1) is 11.3. The second-order valence-electron chi connectivity index (χ2n) is 4.11. The predicted molar refractivity (Wildman–Crippen MR) is 73.9 cm³/mol. The summed E-state index contributed by atoms with van der Waals surface area (Å²) in [6, 6.07) is 12.9. The Bertz CT molecular complexity index is 726. The highest BCUT2D eigenvalue weighted by Crippen LogP contribution is 2.17. The number of benzene rings is 1. The van der Waals surface area contributed by atoms with Gasteiger partial charge >= 0.3 is 0 Å². The molecule has 0 unspecified atom stereocenters. The number of hydrogen-bond acceptors (Lipinski definition) is 3. The van der Waals surface area contributed by atoms with Crippen molar-refractivity contribution in [3.05, 3.63) is 66.6 Å². The highest BCUT2D eigenvalue weighted by molar-refractivity contribution is 6.04. The second kappa shape index (κ2) is 4.86. The minimum Gasteiger partial charge on any atom is -0.322 e. The van der Waals surface area contributed by atoms with Crippen LogP contribution in [-0.4, -0.2) is 15.9 Å². The van der Waals surface area contributed by atoms with Gasteiger partial charge in [0, 0.05) is 29.7 Å². The molecule has 0 bridgehead atoms. The Balaban J connectivity index is 1.87. The zero-order valence-corrected chi connectivity index (χ0v) is 10.1. The van der Waals surface area contributed by atoms with Crippen LogP contribution in [0.4, 0.5) is 5.69 Å². The number of fused-ring (bicyclic) bond motifs is 1. The molecule has 0 aliphatic rings. The van der Waals surface area contributed by atoms with Crippen LogP contribution in [0.15, 0.2) is 61.1 Å². The number of rotatable bonds is 2. The van der Waals surface area contributed by atoms with Gasteiger partial charge in [-0.05, 0) is 36.4 Å². The van der Waals surface area contributed by atoms with Crippen LogP contribution in [0.3, 0.4) is 0 Å². The lowest BCUT2D eigenvalue weighted by Crippen LogP contribution is -2.11. The number of anilines is 1. The molecule has 0 fully saturated rings. The molecule has 0 aliphatic carbocycles. The standard InChI is InChI=1S/C15H11N3O/c19-15(12-4-1-7-16-10-12)18-13-5-6-14-11(9-13)3-2-8-17-14/h1-10H,(H,18,19). The Morgan fingerprint density at radius 3 is 2.79 bits per heavy atom. The van der Waals surface area contributed by atoms with Gasteiger partial charge in [0.25, 0.3) is 5.91 Å². The van der Waals surface area contributed by atoms with E-state index in [1.54, 1.807) is 24.5 Å². The molecule has 1 amide bonds. The van der Waals surface area contributed by atoms with Crippen molar-refractivity contribution in [2.24, 2.45) is 0 Å². The number of carbonyl (C=O) groups is 1. The first-order chi connectivity index (χ1) is 9.33. The van der Waals surface area contributed by atoms with Crippen molar-refractivity contribution in [3.8, 4) is 0 Å². The van der Waals surface area contributed by atoms with Crippen LogP contribution in [0.25, 0.3) is 10.9 Å². The van der Waals surface area contributed by atoms with Crippen molar-refractivity contribution >= 4 is 22.5 Å². The van der Waals surface area contributed by atoms with E-state index in [1.165, 1.54) is 6.20 Å². The molecular weight excluding hydrogens is 238 g/mol. The van der Waals surface area contributed by atoms with Gasteiger partial charge in [0.1, 0.15) is 0 Å². The average molecular weight is 249 g/mol. The van der Waals surface area contributed by atoms with E-state index >= 15 is 0 Å². The molecule has 19 heavy (non-hydrogen) atoms. The number of nitrogens with one attached hydrogen (secondary N) is 1. The van der Waals surface area contributed by atoms with Crippen molar-refractivity contribution in [2.45, 2.75) is 0 Å². The largest absolute Gasteiger partial charge is 0.322 e. The quantitative estimate of drug-likeness (QED) is 0.759. The van der Waals surface area contributed by atoms with Crippen LogP contribution in [0.1, 0.15) is 10.4 Å². The molecule has 0 spiro atoms. The molecule has 4 heteroatoms. The molecule has 0 radical (unpaired) electrons. The van der Waals surface area contributed by atoms with Gasteiger partial charge in [0.15, 0.2) is 0 Å². The lowest BCUT2D eigenvalue weighted by Gasteiger charge is -2.05. The molecular formula is C15H11N3O. The fourth-order valence-electron chi connectivity index (χ4n) is 1.85. The monoisotopic (exact) mass is 249 g/mol. The van der Waals surface area contributed by atoms with E-state index < -0.39 is 0 Å². The molecule has 92 valence electrons. The van der Waals surface area contributed by atoms with Crippen molar-refractivity contribution in [2.75, 3.05) is 5.32 Å². The van der Waals surface area contributed by atoms with Gasteiger partial charge in [0.2, 0.25) is 0 Å². The van der Waals surface area contributed by atoms with E-state index in [2.05, 4.69) is 15.3 Å². The molecule has 1 aromatic carbocycles. The highest BCUT2D eigenvalue weighted by Gasteiger charge is 2.06. The van der Waals surface area contributed by atoms with Gasteiger partial charge in [-0.1, -0.05) is 6.07 Å². The topological polar surface area (TPSA) is 54.9 Å². The van der Waals surface area contributed by atoms with Crippen molar-refractivity contribution in [3.63, 3.8) is 0 Å². The highest BCUT2D eigenvalue weighted by atomic mass is 16.1. The average Bonchev–Trinajstić information content (AvgIpc) is 2.48. The molecule has 2 heterocycles. The summed E-state index contributed by atoms with van der Waals surface area (Å²) in [6.07, 6.45) is 4.92. The van der Waals surface area contributed by atoms with Crippen LogP contribution in [-0.2, 0) is 0 Å². The molecule has 4 nitrogen and oxygen atoms in total. The van der Waals surface area contributed by atoms with Crippen LogP contribution in [0.2, 0.25) is 0 Å². The van der Waals surface area contributed by atoms with E-state index in [1.807, 2.05) is 30.3 Å². The summed E-state index contributed by atoms with van der Waals surface area (Å²) >= 11 is 0. The second-order valence-corrected chi connectivity index (χ2v) is 4.11. The lowest BCUT2D eigenvalue weighted by atomic mass is 10.2. The zero-order chi connectivity index (χ0) is 13.1. The number of hydrogen-bond donors (Lipinski definition) is 1. The minimum absolute atomic E-state index is 0.170. The lowest BCUT2D eigenvalue weighted by molar-refractivity contribution is 0.102. The summed E-state index contributed by atoms with van der Waals surface area (Å²) in [6.45, 7) is 0. The Hall–Kier alpha value is -2.75. The summed E-state index contributed by atoms with van der Waals surface area (Å²) in [4.78, 5) is 20.1. The Morgan fingerprint density at radius 2 is 1.95 bits per heavy atom. The summed E-state index contributed by atoms with van der Waals surface area (Å²) in [7, 11) is 0. The number of amides is 1. The third kappa shape index (κ3) is 2.42. The van der Waals surface area contributed by atoms with E-state index in [4.69, 9.17) is 0 Å². The number of aromatic nitrogens is 2. The number of nitrogens with zero attached hydrogens (tertiary/aromatic N) is 2. The van der Waals surface area contributed by atoms with Gasteiger partial charge in [-0.15, -0.1) is 0 Å². The Morgan fingerprint density at radius 1 is 1.05 bits per heavy atom. The Labute approximate surface area is 110 Å². The summed E-state index contributed by atoms with van der Waals surface area (Å²) in [5.41, 5.74) is 2.19. The molecule has 0 saturated carbocycles. The SMILES string of the molecule is O=C(Nc1ccc2ncccc2c1)c1cccnc1. The smallest absolute Gasteiger partial charge is 0.257 e. The molecule has 2 aromatic heterocycles. The fourth-order valence-corrected chi connectivity index (χ4v) is 1.85. The number of carbonyl (C=O) groups excluding carboxylic acids is 1. The van der Waals surface area contributed by atoms with Crippen LogP contribution >= 0.6 is 0 Å². The van der Waals surface area contributed by atoms with E-state index in [-0.39, 0.29) is 5.91 Å². The first-order valence-electron chi connectivity index (χ1n) is 5.89. The van der Waals surface area contributed by atoms with E-state index in [9.17, 15) is 4.79 Å². The Kier molecular flexibility index (Phi) is 2.90. The van der Waals surface area contributed by atoms with Gasteiger partial charge in [-0.25, -0.2) is 0 Å². The normalized spacial score (nSPS) is 10.3. The molecule has 3 aromatic rings. The number of pyridine rings is 2. The summed E-state index contributed by atoms with van der Waals surface area (Å²) in [5.74, 6) is -0.170. The van der Waals surface area contributed by atoms with Crippen molar-refractivity contribution < 1.29 is 4.79 Å². The predicted octanol–water partition coefficient (Wildman–Crippen LogP) is 2.88. The van der Waals surface area contributed by atoms with Gasteiger partial charge in [-0.2, -0.15) is 0 Å².